The predicted octanol–water partition coefficient (Wildman–Crippen LogP) is 3.22. The maximum atomic E-state index is 12.7. The zero-order chi connectivity index (χ0) is 17.1. The van der Waals surface area contributed by atoms with Crippen LogP contribution in [-0.4, -0.2) is 35.7 Å². The number of nitrogens with zero attached hydrogens (tertiary/aromatic N) is 1. The Bertz CT molecular complexity index is 730. The van der Waals surface area contributed by atoms with Crippen molar-refractivity contribution in [3.05, 3.63) is 47.8 Å². The standard InChI is InChI=1S/C19H23N3O3/c23-19(22-10-3-7-16(22)15-6-2-9-20-15)21-13-14-5-1-8-17-18(14)25-12-4-11-24-17/h1-2,5-6,8-9,16,20H,3-4,7,10-13H2,(H,21,23). The Hall–Kier alpha value is -2.63. The van der Waals surface area contributed by atoms with Crippen molar-refractivity contribution < 1.29 is 14.3 Å². The predicted molar refractivity (Wildman–Crippen MR) is 93.8 cm³/mol. The van der Waals surface area contributed by atoms with Crippen LogP contribution in [0.5, 0.6) is 11.5 Å². The first-order valence-electron chi connectivity index (χ1n) is 8.88. The number of likely N-dealkylation sites (tertiary alicyclic amines) is 1. The minimum Gasteiger partial charge on any atom is -0.490 e. The molecular formula is C19H23N3O3. The van der Waals surface area contributed by atoms with E-state index >= 15 is 0 Å². The second kappa shape index (κ2) is 7.09. The highest BCUT2D eigenvalue weighted by Gasteiger charge is 2.30. The zero-order valence-electron chi connectivity index (χ0n) is 14.2. The lowest BCUT2D eigenvalue weighted by Crippen LogP contribution is -2.39. The summed E-state index contributed by atoms with van der Waals surface area (Å²) >= 11 is 0. The molecule has 2 amide bonds. The van der Waals surface area contributed by atoms with Crippen LogP contribution < -0.4 is 14.8 Å². The third-order valence-electron chi connectivity index (χ3n) is 4.78. The number of H-pyrrole nitrogens is 1. The third kappa shape index (κ3) is 3.29. The molecular weight excluding hydrogens is 318 g/mol. The summed E-state index contributed by atoms with van der Waals surface area (Å²) in [5.74, 6) is 1.51. The van der Waals surface area contributed by atoms with Crippen molar-refractivity contribution in [1.29, 1.82) is 0 Å². The Kier molecular flexibility index (Phi) is 4.50. The number of aromatic nitrogens is 1. The van der Waals surface area contributed by atoms with Crippen LogP contribution in [0.25, 0.3) is 0 Å². The molecule has 0 saturated carbocycles. The lowest BCUT2D eigenvalue weighted by Gasteiger charge is -2.24. The smallest absolute Gasteiger partial charge is 0.318 e. The molecule has 1 fully saturated rings. The van der Waals surface area contributed by atoms with Crippen LogP contribution in [0.15, 0.2) is 36.5 Å². The Labute approximate surface area is 147 Å². The maximum absolute atomic E-state index is 12.7. The number of urea groups is 1. The van der Waals surface area contributed by atoms with Crippen LogP contribution >= 0.6 is 0 Å². The van der Waals surface area contributed by atoms with E-state index in [9.17, 15) is 4.79 Å². The van der Waals surface area contributed by atoms with Crippen molar-refractivity contribution in [2.45, 2.75) is 31.8 Å². The van der Waals surface area contributed by atoms with E-state index in [1.165, 1.54) is 0 Å². The second-order valence-electron chi connectivity index (χ2n) is 6.43. The third-order valence-corrected chi connectivity index (χ3v) is 4.78. The van der Waals surface area contributed by atoms with Crippen molar-refractivity contribution >= 4 is 6.03 Å². The molecule has 6 nitrogen and oxygen atoms in total. The Balaban J connectivity index is 1.44. The average Bonchev–Trinajstić information content (AvgIpc) is 3.26. The first-order chi connectivity index (χ1) is 12.3. The first kappa shape index (κ1) is 15.9. The summed E-state index contributed by atoms with van der Waals surface area (Å²) in [6, 6.07) is 9.92. The van der Waals surface area contributed by atoms with Gasteiger partial charge in [0.15, 0.2) is 11.5 Å². The highest BCUT2D eigenvalue weighted by atomic mass is 16.5. The van der Waals surface area contributed by atoms with E-state index in [0.29, 0.717) is 19.8 Å². The van der Waals surface area contributed by atoms with Gasteiger partial charge in [0.05, 0.1) is 19.3 Å². The normalized spacial score (nSPS) is 19.5. The number of rotatable bonds is 3. The monoisotopic (exact) mass is 341 g/mol. The molecule has 1 aromatic heterocycles. The van der Waals surface area contributed by atoms with Gasteiger partial charge in [0, 0.05) is 37.0 Å². The van der Waals surface area contributed by atoms with Gasteiger partial charge < -0.3 is 24.7 Å². The van der Waals surface area contributed by atoms with Crippen LogP contribution in [0.1, 0.15) is 36.6 Å². The maximum Gasteiger partial charge on any atom is 0.318 e. The van der Waals surface area contributed by atoms with Crippen LogP contribution in [0.4, 0.5) is 4.79 Å². The molecule has 1 atom stereocenters. The van der Waals surface area contributed by atoms with Gasteiger partial charge in [-0.05, 0) is 31.0 Å². The van der Waals surface area contributed by atoms with E-state index in [2.05, 4.69) is 10.3 Å². The van der Waals surface area contributed by atoms with Crippen LogP contribution in [0, 0.1) is 0 Å². The average molecular weight is 341 g/mol. The Morgan fingerprint density at radius 3 is 3.00 bits per heavy atom. The molecule has 0 bridgehead atoms. The molecule has 1 aromatic carbocycles. The van der Waals surface area contributed by atoms with E-state index < -0.39 is 0 Å². The molecule has 6 heteroatoms. The molecule has 2 aliphatic rings. The fraction of sp³-hybridized carbons (Fsp3) is 0.421. The number of carbonyl (C=O) groups excluding carboxylic acids is 1. The fourth-order valence-corrected chi connectivity index (χ4v) is 3.55. The van der Waals surface area contributed by atoms with Gasteiger partial charge in [-0.3, -0.25) is 0 Å². The number of amides is 2. The number of aromatic amines is 1. The number of hydrogen-bond acceptors (Lipinski definition) is 3. The number of para-hydroxylation sites is 1. The van der Waals surface area contributed by atoms with Crippen molar-refractivity contribution in [1.82, 2.24) is 15.2 Å². The van der Waals surface area contributed by atoms with Gasteiger partial charge in [-0.2, -0.15) is 0 Å². The molecule has 0 spiro atoms. The highest BCUT2D eigenvalue weighted by Crippen LogP contribution is 2.34. The first-order valence-corrected chi connectivity index (χ1v) is 8.88. The quantitative estimate of drug-likeness (QED) is 0.901. The molecule has 0 radical (unpaired) electrons. The topological polar surface area (TPSA) is 66.6 Å². The Morgan fingerprint density at radius 2 is 2.12 bits per heavy atom. The van der Waals surface area contributed by atoms with Gasteiger partial charge in [-0.15, -0.1) is 0 Å². The Morgan fingerprint density at radius 1 is 1.20 bits per heavy atom. The number of hydrogen-bond donors (Lipinski definition) is 2. The molecule has 25 heavy (non-hydrogen) atoms. The van der Waals surface area contributed by atoms with Crippen LogP contribution in [0.3, 0.4) is 0 Å². The molecule has 2 aromatic rings. The highest BCUT2D eigenvalue weighted by molar-refractivity contribution is 5.75. The fourth-order valence-electron chi connectivity index (χ4n) is 3.55. The summed E-state index contributed by atoms with van der Waals surface area (Å²) < 4.78 is 11.5. The van der Waals surface area contributed by atoms with Crippen molar-refractivity contribution in [2.24, 2.45) is 0 Å². The van der Waals surface area contributed by atoms with Crippen molar-refractivity contribution in [2.75, 3.05) is 19.8 Å². The number of carbonyl (C=O) groups is 1. The minimum absolute atomic E-state index is 0.0377. The van der Waals surface area contributed by atoms with E-state index in [0.717, 1.165) is 48.6 Å². The molecule has 4 rings (SSSR count). The van der Waals surface area contributed by atoms with E-state index in [-0.39, 0.29) is 12.1 Å². The number of nitrogens with one attached hydrogen (secondary N) is 2. The molecule has 3 heterocycles. The zero-order valence-corrected chi connectivity index (χ0v) is 14.2. The van der Waals surface area contributed by atoms with Gasteiger partial charge >= 0.3 is 6.03 Å². The molecule has 2 N–H and O–H groups in total. The summed E-state index contributed by atoms with van der Waals surface area (Å²) in [6.45, 7) is 2.51. The van der Waals surface area contributed by atoms with Gasteiger partial charge in [-0.25, -0.2) is 4.79 Å². The van der Waals surface area contributed by atoms with Crippen LogP contribution in [0.2, 0.25) is 0 Å². The van der Waals surface area contributed by atoms with Gasteiger partial charge in [0.1, 0.15) is 0 Å². The molecule has 0 aliphatic carbocycles. The van der Waals surface area contributed by atoms with E-state index in [1.54, 1.807) is 0 Å². The summed E-state index contributed by atoms with van der Waals surface area (Å²) in [5.41, 5.74) is 2.04. The molecule has 1 unspecified atom stereocenters. The van der Waals surface area contributed by atoms with Crippen molar-refractivity contribution in [3.63, 3.8) is 0 Å². The van der Waals surface area contributed by atoms with Crippen LogP contribution in [-0.2, 0) is 6.54 Å². The number of ether oxygens (including phenoxy) is 2. The minimum atomic E-state index is -0.0377. The lowest BCUT2D eigenvalue weighted by molar-refractivity contribution is 0.191. The number of fused-ring (bicyclic) bond motifs is 1. The lowest BCUT2D eigenvalue weighted by atomic mass is 10.1. The SMILES string of the molecule is O=C(NCc1cccc2c1OCCCO2)N1CCCC1c1ccc[nH]1. The number of benzene rings is 1. The summed E-state index contributed by atoms with van der Waals surface area (Å²) in [5, 5.41) is 3.04. The largest absolute Gasteiger partial charge is 0.490 e. The van der Waals surface area contributed by atoms with E-state index in [1.807, 2.05) is 41.4 Å². The summed E-state index contributed by atoms with van der Waals surface area (Å²) in [6.07, 6.45) is 4.78. The van der Waals surface area contributed by atoms with Gasteiger partial charge in [0.25, 0.3) is 0 Å². The second-order valence-corrected chi connectivity index (χ2v) is 6.43. The molecule has 132 valence electrons. The van der Waals surface area contributed by atoms with Gasteiger partial charge in [0.2, 0.25) is 0 Å². The summed E-state index contributed by atoms with van der Waals surface area (Å²) in [7, 11) is 0. The molecule has 2 aliphatic heterocycles. The summed E-state index contributed by atoms with van der Waals surface area (Å²) in [4.78, 5) is 17.8. The van der Waals surface area contributed by atoms with E-state index in [4.69, 9.17) is 9.47 Å². The molecule has 1 saturated heterocycles. The van der Waals surface area contributed by atoms with Crippen molar-refractivity contribution in [3.8, 4) is 11.5 Å². The van der Waals surface area contributed by atoms with Gasteiger partial charge in [-0.1, -0.05) is 12.1 Å².